The van der Waals surface area contributed by atoms with E-state index in [1.165, 1.54) is 0 Å². The van der Waals surface area contributed by atoms with Crippen molar-refractivity contribution in [3.63, 3.8) is 0 Å². The molecule has 0 aliphatic carbocycles. The van der Waals surface area contributed by atoms with Gasteiger partial charge in [0, 0.05) is 10.6 Å². The van der Waals surface area contributed by atoms with Crippen molar-refractivity contribution in [2.24, 2.45) is 10.1 Å². The van der Waals surface area contributed by atoms with E-state index in [-0.39, 0.29) is 0 Å². The summed E-state index contributed by atoms with van der Waals surface area (Å²) in [5, 5.41) is 5.72. The van der Waals surface area contributed by atoms with E-state index in [0.29, 0.717) is 12.2 Å². The first kappa shape index (κ1) is 9.42. The quantitative estimate of drug-likeness (QED) is 0.237. The molecule has 0 spiro atoms. The van der Waals surface area contributed by atoms with Crippen molar-refractivity contribution in [3.8, 4) is 0 Å². The Bertz CT molecular complexity index is 372. The van der Waals surface area contributed by atoms with E-state index in [0.717, 1.165) is 5.56 Å². The van der Waals surface area contributed by atoms with Crippen molar-refractivity contribution >= 4 is 23.1 Å². The molecule has 0 amide bonds. The zero-order valence-electron chi connectivity index (χ0n) is 6.71. The van der Waals surface area contributed by atoms with Crippen LogP contribution in [0.4, 0.5) is 5.69 Å². The van der Waals surface area contributed by atoms with Gasteiger partial charge in [-0.2, -0.15) is 0 Å². The predicted molar refractivity (Wildman–Crippen MR) is 54.0 cm³/mol. The molecule has 0 unspecified atom stereocenters. The fraction of sp³-hybridized carbons (Fsp3) is 0.125. The number of azide groups is 1. The highest BCUT2D eigenvalue weighted by molar-refractivity contribution is 7.78. The molecule has 0 heterocycles. The fourth-order valence-corrected chi connectivity index (χ4v) is 0.908. The zero-order chi connectivity index (χ0) is 9.52. The standard InChI is InChI=1S/C8H6N4S/c9-12-11-8-3-1-7(2-4-8)5-10-6-13/h1-4H,5H2. The molecule has 64 valence electrons. The van der Waals surface area contributed by atoms with Crippen molar-refractivity contribution in [1.29, 1.82) is 0 Å². The minimum Gasteiger partial charge on any atom is -0.228 e. The first-order valence-corrected chi connectivity index (χ1v) is 3.95. The third-order valence-electron chi connectivity index (χ3n) is 1.42. The molecule has 1 aromatic carbocycles. The predicted octanol–water partition coefficient (Wildman–Crippen LogP) is 3.23. The first-order valence-electron chi connectivity index (χ1n) is 3.54. The van der Waals surface area contributed by atoms with Crippen molar-refractivity contribution < 1.29 is 0 Å². The van der Waals surface area contributed by atoms with Gasteiger partial charge in [0.25, 0.3) is 0 Å². The highest BCUT2D eigenvalue weighted by Gasteiger charge is 1.90. The number of benzene rings is 1. The molecule has 1 rings (SSSR count). The third kappa shape index (κ3) is 3.05. The molecule has 5 heteroatoms. The summed E-state index contributed by atoms with van der Waals surface area (Å²) in [4.78, 5) is 6.45. The third-order valence-corrected chi connectivity index (χ3v) is 1.55. The Labute approximate surface area is 80.5 Å². The second-order valence-electron chi connectivity index (χ2n) is 2.26. The highest BCUT2D eigenvalue weighted by atomic mass is 32.1. The average molecular weight is 190 g/mol. The number of hydrogen-bond acceptors (Lipinski definition) is 3. The molecule has 0 atom stereocenters. The van der Waals surface area contributed by atoms with E-state index in [1.54, 1.807) is 12.1 Å². The number of rotatable bonds is 3. The van der Waals surface area contributed by atoms with Gasteiger partial charge in [0.2, 0.25) is 0 Å². The van der Waals surface area contributed by atoms with Crippen molar-refractivity contribution in [2.45, 2.75) is 6.54 Å². The summed E-state index contributed by atoms with van der Waals surface area (Å²) >= 11 is 4.44. The van der Waals surface area contributed by atoms with Crippen LogP contribution in [0.3, 0.4) is 0 Å². The first-order chi connectivity index (χ1) is 6.36. The Hall–Kier alpha value is -1.67. The van der Waals surface area contributed by atoms with Crippen LogP contribution in [0.1, 0.15) is 5.56 Å². The maximum atomic E-state index is 8.15. The van der Waals surface area contributed by atoms with Gasteiger partial charge in [-0.15, -0.1) is 0 Å². The van der Waals surface area contributed by atoms with Crippen LogP contribution >= 0.6 is 12.2 Å². The van der Waals surface area contributed by atoms with E-state index >= 15 is 0 Å². The molecule has 1 aromatic rings. The van der Waals surface area contributed by atoms with Gasteiger partial charge in [-0.3, -0.25) is 0 Å². The lowest BCUT2D eigenvalue weighted by Crippen LogP contribution is -1.78. The summed E-state index contributed by atoms with van der Waals surface area (Å²) in [6, 6.07) is 7.13. The number of isothiocyanates is 1. The van der Waals surface area contributed by atoms with E-state index in [4.69, 9.17) is 5.53 Å². The maximum Gasteiger partial charge on any atom is 0.0743 e. The lowest BCUT2D eigenvalue weighted by Gasteiger charge is -1.94. The Morgan fingerprint density at radius 3 is 2.62 bits per heavy atom. The van der Waals surface area contributed by atoms with Crippen LogP contribution in [0.2, 0.25) is 0 Å². The van der Waals surface area contributed by atoms with Gasteiger partial charge in [0.1, 0.15) is 0 Å². The zero-order valence-corrected chi connectivity index (χ0v) is 7.53. The number of hydrogen-bond donors (Lipinski definition) is 0. The topological polar surface area (TPSA) is 61.1 Å². The molecule has 0 N–H and O–H groups in total. The van der Waals surface area contributed by atoms with Gasteiger partial charge >= 0.3 is 0 Å². The molecule has 0 fully saturated rings. The molecule has 0 aliphatic rings. The lowest BCUT2D eigenvalue weighted by atomic mass is 10.2. The molecule has 0 aromatic heterocycles. The lowest BCUT2D eigenvalue weighted by molar-refractivity contribution is 1.08. The van der Waals surface area contributed by atoms with Crippen LogP contribution in [0, 0.1) is 0 Å². The van der Waals surface area contributed by atoms with Crippen LogP contribution in [-0.4, -0.2) is 5.16 Å². The number of nitrogens with zero attached hydrogens (tertiary/aromatic N) is 4. The smallest absolute Gasteiger partial charge is 0.0743 e. The Morgan fingerprint density at radius 2 is 2.08 bits per heavy atom. The Balaban J connectivity index is 2.80. The van der Waals surface area contributed by atoms with Crippen LogP contribution in [0.25, 0.3) is 10.4 Å². The Kier molecular flexibility index (Phi) is 3.67. The maximum absolute atomic E-state index is 8.15. The highest BCUT2D eigenvalue weighted by Crippen LogP contribution is 2.13. The molecule has 0 radical (unpaired) electrons. The molecule has 4 nitrogen and oxygen atoms in total. The van der Waals surface area contributed by atoms with Gasteiger partial charge in [-0.05, 0) is 23.3 Å². The van der Waals surface area contributed by atoms with Gasteiger partial charge in [0.15, 0.2) is 0 Å². The molecule has 0 bridgehead atoms. The fourth-order valence-electron chi connectivity index (χ4n) is 0.843. The van der Waals surface area contributed by atoms with Crippen molar-refractivity contribution in [2.75, 3.05) is 0 Å². The summed E-state index contributed by atoms with van der Waals surface area (Å²) in [5.41, 5.74) is 9.75. The number of aliphatic imine (C=N–C) groups is 1. The summed E-state index contributed by atoms with van der Waals surface area (Å²) in [6.07, 6.45) is 0. The van der Waals surface area contributed by atoms with E-state index in [9.17, 15) is 0 Å². The van der Waals surface area contributed by atoms with Crippen LogP contribution in [0.15, 0.2) is 34.4 Å². The number of thiocarbonyl (C=S) groups is 1. The van der Waals surface area contributed by atoms with E-state index in [1.807, 2.05) is 12.1 Å². The second-order valence-corrected chi connectivity index (χ2v) is 2.45. The molecular weight excluding hydrogens is 184 g/mol. The minimum atomic E-state index is 0.514. The van der Waals surface area contributed by atoms with Gasteiger partial charge in [-0.25, -0.2) is 4.99 Å². The normalized spacial score (nSPS) is 8.31. The monoisotopic (exact) mass is 190 g/mol. The molecular formula is C8H6N4S. The Morgan fingerprint density at radius 1 is 1.38 bits per heavy atom. The SMILES string of the molecule is [N-]=[N+]=Nc1ccc(CN=C=S)cc1. The molecule has 0 saturated carbocycles. The van der Waals surface area contributed by atoms with Gasteiger partial charge in [-0.1, -0.05) is 29.4 Å². The second kappa shape index (κ2) is 5.06. The van der Waals surface area contributed by atoms with Crippen molar-refractivity contribution in [1.82, 2.24) is 0 Å². The minimum absolute atomic E-state index is 0.514. The van der Waals surface area contributed by atoms with Crippen molar-refractivity contribution in [3.05, 3.63) is 40.3 Å². The van der Waals surface area contributed by atoms with Crippen LogP contribution < -0.4 is 0 Å². The van der Waals surface area contributed by atoms with Gasteiger partial charge < -0.3 is 0 Å². The largest absolute Gasteiger partial charge is 0.228 e. The summed E-state index contributed by atoms with van der Waals surface area (Å²) in [6.45, 7) is 0.514. The van der Waals surface area contributed by atoms with Crippen LogP contribution in [-0.2, 0) is 6.54 Å². The van der Waals surface area contributed by atoms with E-state index in [2.05, 4.69) is 32.4 Å². The molecule has 0 saturated heterocycles. The molecule has 13 heavy (non-hydrogen) atoms. The van der Waals surface area contributed by atoms with E-state index < -0.39 is 0 Å². The van der Waals surface area contributed by atoms with Crippen LogP contribution in [0.5, 0.6) is 0 Å². The average Bonchev–Trinajstić information content (AvgIpc) is 2.17. The summed E-state index contributed by atoms with van der Waals surface area (Å²) in [5.74, 6) is 0. The van der Waals surface area contributed by atoms with Gasteiger partial charge in [0.05, 0.1) is 11.7 Å². The summed E-state index contributed by atoms with van der Waals surface area (Å²) < 4.78 is 0. The summed E-state index contributed by atoms with van der Waals surface area (Å²) in [7, 11) is 0. The molecule has 0 aliphatic heterocycles.